The first-order valence-corrected chi connectivity index (χ1v) is 14.4. The van der Waals surface area contributed by atoms with E-state index in [4.69, 9.17) is 9.47 Å². The summed E-state index contributed by atoms with van der Waals surface area (Å²) < 4.78 is 64.5. The van der Waals surface area contributed by atoms with Crippen molar-refractivity contribution in [3.8, 4) is 22.6 Å². The summed E-state index contributed by atoms with van der Waals surface area (Å²) in [5.41, 5.74) is 3.52. The van der Waals surface area contributed by atoms with Crippen molar-refractivity contribution in [1.82, 2.24) is 0 Å². The Kier molecular flexibility index (Phi) is 9.85. The van der Waals surface area contributed by atoms with Gasteiger partial charge < -0.3 is 14.6 Å². The minimum absolute atomic E-state index is 0.0398. The van der Waals surface area contributed by atoms with Gasteiger partial charge in [-0.05, 0) is 89.1 Å². The maximum absolute atomic E-state index is 15.2. The van der Waals surface area contributed by atoms with Crippen LogP contribution in [0.3, 0.4) is 0 Å². The number of rotatable bonds is 12. The van der Waals surface area contributed by atoms with Crippen molar-refractivity contribution >= 4 is 5.97 Å². The molecule has 1 aliphatic rings. The van der Waals surface area contributed by atoms with Gasteiger partial charge in [0.25, 0.3) is 0 Å². The lowest BCUT2D eigenvalue weighted by Gasteiger charge is -2.30. The van der Waals surface area contributed by atoms with Gasteiger partial charge in [-0.15, -0.1) is 0 Å². The van der Waals surface area contributed by atoms with Crippen LogP contribution in [0.1, 0.15) is 87.8 Å². The topological polar surface area (TPSA) is 55.8 Å². The van der Waals surface area contributed by atoms with Crippen LogP contribution in [0.4, 0.5) is 17.6 Å². The lowest BCUT2D eigenvalue weighted by atomic mass is 9.75. The Labute approximate surface area is 244 Å². The molecule has 0 spiro atoms. The molecule has 1 N–H and O–H groups in total. The van der Waals surface area contributed by atoms with E-state index in [-0.39, 0.29) is 41.6 Å². The summed E-state index contributed by atoms with van der Waals surface area (Å²) in [6.07, 6.45) is 0.138. The fourth-order valence-corrected chi connectivity index (χ4v) is 6.08. The fraction of sp³-hybridized carbons (Fsp3) is 0.441. The van der Waals surface area contributed by atoms with Gasteiger partial charge in [0.15, 0.2) is 6.61 Å². The first-order valence-electron chi connectivity index (χ1n) is 14.4. The molecule has 1 aliphatic carbocycles. The van der Waals surface area contributed by atoms with Crippen molar-refractivity contribution in [3.05, 3.63) is 83.2 Å². The SMILES string of the molecule is CCC[C@@H](CC(=O)O)c1cccc(OCc2ccc(-c3cc(OCC(F)(F)F)ccc3F)c([C@H]3CCCC3(C)C)c2)c1. The van der Waals surface area contributed by atoms with Crippen LogP contribution in [-0.2, 0) is 11.4 Å². The Morgan fingerprint density at radius 3 is 2.45 bits per heavy atom. The molecule has 0 heterocycles. The van der Waals surface area contributed by atoms with Gasteiger partial charge in [-0.25, -0.2) is 4.39 Å². The Morgan fingerprint density at radius 2 is 1.79 bits per heavy atom. The summed E-state index contributed by atoms with van der Waals surface area (Å²) in [5, 5.41) is 9.34. The monoisotopic (exact) mass is 586 g/mol. The molecule has 0 unspecified atom stereocenters. The molecular weight excluding hydrogens is 548 g/mol. The first-order chi connectivity index (χ1) is 19.9. The van der Waals surface area contributed by atoms with E-state index in [1.54, 1.807) is 0 Å². The van der Waals surface area contributed by atoms with Gasteiger partial charge in [-0.3, -0.25) is 4.79 Å². The summed E-state index contributed by atoms with van der Waals surface area (Å²) in [5.74, 6) is -0.757. The van der Waals surface area contributed by atoms with Gasteiger partial charge >= 0.3 is 12.1 Å². The van der Waals surface area contributed by atoms with Crippen LogP contribution in [0.15, 0.2) is 60.7 Å². The van der Waals surface area contributed by atoms with Gasteiger partial charge in [0.05, 0.1) is 6.42 Å². The molecule has 4 rings (SSSR count). The van der Waals surface area contributed by atoms with E-state index < -0.39 is 24.6 Å². The van der Waals surface area contributed by atoms with E-state index in [0.717, 1.165) is 54.9 Å². The van der Waals surface area contributed by atoms with Crippen LogP contribution in [0, 0.1) is 11.2 Å². The fourth-order valence-electron chi connectivity index (χ4n) is 6.08. The molecule has 0 saturated heterocycles. The van der Waals surface area contributed by atoms with Crippen molar-refractivity contribution in [1.29, 1.82) is 0 Å². The Morgan fingerprint density at radius 1 is 1.02 bits per heavy atom. The molecule has 0 aliphatic heterocycles. The number of halogens is 4. The van der Waals surface area contributed by atoms with E-state index in [2.05, 4.69) is 13.8 Å². The number of hydrogen-bond donors (Lipinski definition) is 1. The number of alkyl halides is 3. The first kappa shape index (κ1) is 31.4. The van der Waals surface area contributed by atoms with Crippen LogP contribution in [-0.4, -0.2) is 23.9 Å². The summed E-state index contributed by atoms with van der Waals surface area (Å²) in [6, 6.07) is 16.9. The van der Waals surface area contributed by atoms with Crippen molar-refractivity contribution in [3.63, 3.8) is 0 Å². The molecule has 2 atom stereocenters. The predicted octanol–water partition coefficient (Wildman–Crippen LogP) is 9.66. The Bertz CT molecular complexity index is 1380. The molecule has 3 aromatic rings. The van der Waals surface area contributed by atoms with Gasteiger partial charge in [0.2, 0.25) is 0 Å². The van der Waals surface area contributed by atoms with Crippen LogP contribution >= 0.6 is 0 Å². The highest BCUT2D eigenvalue weighted by molar-refractivity contribution is 5.71. The van der Waals surface area contributed by atoms with Gasteiger partial charge in [0, 0.05) is 5.56 Å². The van der Waals surface area contributed by atoms with Crippen molar-refractivity contribution < 1.29 is 36.9 Å². The minimum atomic E-state index is -4.50. The molecule has 1 fully saturated rings. The lowest BCUT2D eigenvalue weighted by Crippen LogP contribution is -2.19. The van der Waals surface area contributed by atoms with E-state index in [0.29, 0.717) is 11.3 Å². The zero-order valence-electron chi connectivity index (χ0n) is 24.3. The third kappa shape index (κ3) is 8.05. The number of carboxylic acid groups (broad SMARTS) is 1. The maximum Gasteiger partial charge on any atom is 0.422 e. The summed E-state index contributed by atoms with van der Waals surface area (Å²) >= 11 is 0. The van der Waals surface area contributed by atoms with Crippen LogP contribution in [0.5, 0.6) is 11.5 Å². The Balaban J connectivity index is 1.63. The number of aliphatic carboxylic acids is 1. The summed E-state index contributed by atoms with van der Waals surface area (Å²) in [6.45, 7) is 5.20. The van der Waals surface area contributed by atoms with E-state index >= 15 is 4.39 Å². The van der Waals surface area contributed by atoms with Gasteiger partial charge in [-0.1, -0.05) is 63.9 Å². The smallest absolute Gasteiger partial charge is 0.422 e. The van der Waals surface area contributed by atoms with Crippen molar-refractivity contribution in [2.75, 3.05) is 6.61 Å². The van der Waals surface area contributed by atoms with Crippen LogP contribution in [0.2, 0.25) is 0 Å². The Hall–Kier alpha value is -3.55. The van der Waals surface area contributed by atoms with Crippen molar-refractivity contribution in [2.24, 2.45) is 5.41 Å². The van der Waals surface area contributed by atoms with Crippen molar-refractivity contribution in [2.45, 2.75) is 83.9 Å². The summed E-state index contributed by atoms with van der Waals surface area (Å²) in [7, 11) is 0. The predicted molar refractivity (Wildman–Crippen MR) is 154 cm³/mol. The maximum atomic E-state index is 15.2. The quantitative estimate of drug-likeness (QED) is 0.215. The second kappa shape index (κ2) is 13.2. The number of hydrogen-bond acceptors (Lipinski definition) is 3. The van der Waals surface area contributed by atoms with Gasteiger partial charge in [-0.2, -0.15) is 13.2 Å². The number of carboxylic acids is 1. The zero-order valence-corrected chi connectivity index (χ0v) is 24.3. The highest BCUT2D eigenvalue weighted by Gasteiger charge is 2.37. The second-order valence-corrected chi connectivity index (χ2v) is 11.8. The highest BCUT2D eigenvalue weighted by atomic mass is 19.4. The van der Waals surface area contributed by atoms with Crippen LogP contribution in [0.25, 0.3) is 11.1 Å². The number of benzene rings is 3. The average Bonchev–Trinajstić information content (AvgIpc) is 3.29. The molecular formula is C34H38F4O4. The third-order valence-electron chi connectivity index (χ3n) is 8.17. The molecule has 0 bridgehead atoms. The molecule has 3 aromatic carbocycles. The van der Waals surface area contributed by atoms with Gasteiger partial charge in [0.1, 0.15) is 23.9 Å². The number of carbonyl (C=O) groups is 1. The zero-order chi connectivity index (χ0) is 30.5. The molecule has 0 amide bonds. The summed E-state index contributed by atoms with van der Waals surface area (Å²) in [4.78, 5) is 11.4. The largest absolute Gasteiger partial charge is 0.489 e. The third-order valence-corrected chi connectivity index (χ3v) is 8.17. The molecule has 226 valence electrons. The normalized spacial score (nSPS) is 17.2. The molecule has 8 heteroatoms. The van der Waals surface area contributed by atoms with E-state index in [1.165, 1.54) is 12.1 Å². The molecule has 42 heavy (non-hydrogen) atoms. The minimum Gasteiger partial charge on any atom is -0.489 e. The van der Waals surface area contributed by atoms with E-state index in [1.807, 2.05) is 49.4 Å². The standard InChI is InChI=1S/C34H38F4O4/c1-4-7-23(18-32(39)40)24-8-5-9-25(17-24)41-20-22-11-13-27(28(16-22)30-10-6-15-33(30,2)3)29-19-26(12-14-31(29)35)42-21-34(36,37)38/h5,8-9,11-14,16-17,19,23,30H,4,6-7,10,15,18,20-21H2,1-3H3,(H,39,40)/t23-,30+/m0/s1. The average molecular weight is 587 g/mol. The molecule has 0 radical (unpaired) electrons. The molecule has 0 aromatic heterocycles. The molecule has 4 nitrogen and oxygen atoms in total. The lowest BCUT2D eigenvalue weighted by molar-refractivity contribution is -0.153. The number of ether oxygens (including phenoxy) is 2. The van der Waals surface area contributed by atoms with Crippen LogP contribution < -0.4 is 9.47 Å². The second-order valence-electron chi connectivity index (χ2n) is 11.8. The highest BCUT2D eigenvalue weighted by Crippen LogP contribution is 2.51. The molecule has 1 saturated carbocycles. The van der Waals surface area contributed by atoms with E-state index in [9.17, 15) is 23.1 Å².